The van der Waals surface area contributed by atoms with E-state index in [1.807, 2.05) is 18.7 Å². The summed E-state index contributed by atoms with van der Waals surface area (Å²) < 4.78 is 0. The molecule has 0 saturated carbocycles. The minimum atomic E-state index is 0.849. The number of rotatable bonds is 8. The zero-order chi connectivity index (χ0) is 9.78. The molecule has 0 unspecified atom stereocenters. The van der Waals surface area contributed by atoms with E-state index in [2.05, 4.69) is 23.4 Å². The summed E-state index contributed by atoms with van der Waals surface area (Å²) in [5.74, 6) is 7.18. The largest absolute Gasteiger partial charge is 0.306 e. The molecule has 2 heteroatoms. The van der Waals surface area contributed by atoms with Gasteiger partial charge in [0.05, 0.1) is 6.54 Å². The highest BCUT2D eigenvalue weighted by molar-refractivity contribution is 7.98. The van der Waals surface area contributed by atoms with E-state index in [1.165, 1.54) is 31.4 Å². The summed E-state index contributed by atoms with van der Waals surface area (Å²) in [7, 11) is 0. The summed E-state index contributed by atoms with van der Waals surface area (Å²) >= 11 is 1.94. The van der Waals surface area contributed by atoms with Gasteiger partial charge in [-0.3, -0.25) is 0 Å². The lowest BCUT2D eigenvalue weighted by molar-refractivity contribution is 0.625. The Morgan fingerprint density at radius 2 is 1.92 bits per heavy atom. The third-order valence-electron chi connectivity index (χ3n) is 1.84. The molecule has 76 valence electrons. The molecule has 0 aliphatic heterocycles. The Balaban J connectivity index is 2.86. The molecule has 1 nitrogen and oxygen atoms in total. The first-order chi connectivity index (χ1) is 6.41. The molecular formula is C11H21NS. The quantitative estimate of drug-likeness (QED) is 0.476. The number of unbranched alkanes of at least 4 members (excludes halogenated alkanes) is 3. The molecule has 0 atom stereocenters. The van der Waals surface area contributed by atoms with Crippen LogP contribution in [0.5, 0.6) is 0 Å². The van der Waals surface area contributed by atoms with E-state index in [9.17, 15) is 0 Å². The van der Waals surface area contributed by atoms with Gasteiger partial charge >= 0.3 is 0 Å². The minimum absolute atomic E-state index is 0.849. The second-order valence-electron chi connectivity index (χ2n) is 3.01. The molecule has 0 bridgehead atoms. The van der Waals surface area contributed by atoms with Gasteiger partial charge in [0, 0.05) is 0 Å². The van der Waals surface area contributed by atoms with Gasteiger partial charge in [0.1, 0.15) is 0 Å². The summed E-state index contributed by atoms with van der Waals surface area (Å²) in [4.78, 5) is 0. The van der Waals surface area contributed by atoms with Gasteiger partial charge in [0.2, 0.25) is 0 Å². The maximum Gasteiger partial charge on any atom is 0.0576 e. The van der Waals surface area contributed by atoms with Crippen LogP contribution in [0.3, 0.4) is 0 Å². The summed E-state index contributed by atoms with van der Waals surface area (Å²) in [6.45, 7) is 3.85. The van der Waals surface area contributed by atoms with Crippen LogP contribution in [0, 0.1) is 11.8 Å². The maximum atomic E-state index is 3.30. The Labute approximate surface area is 87.1 Å². The van der Waals surface area contributed by atoms with Gasteiger partial charge in [-0.2, -0.15) is 11.8 Å². The molecular weight excluding hydrogens is 178 g/mol. The predicted molar refractivity (Wildman–Crippen MR) is 63.2 cm³/mol. The molecule has 0 heterocycles. The number of hydrogen-bond donors (Lipinski definition) is 1. The first-order valence-corrected chi connectivity index (χ1v) is 6.40. The maximum absolute atomic E-state index is 3.30. The van der Waals surface area contributed by atoms with Gasteiger partial charge in [0.25, 0.3) is 0 Å². The molecule has 0 amide bonds. The van der Waals surface area contributed by atoms with Crippen molar-refractivity contribution in [3.8, 4) is 11.8 Å². The highest BCUT2D eigenvalue weighted by Crippen LogP contribution is 2.03. The van der Waals surface area contributed by atoms with Crippen LogP contribution in [0.4, 0.5) is 0 Å². The molecule has 13 heavy (non-hydrogen) atoms. The van der Waals surface area contributed by atoms with E-state index in [0.29, 0.717) is 0 Å². The third kappa shape index (κ3) is 11.9. The second-order valence-corrected chi connectivity index (χ2v) is 4.00. The van der Waals surface area contributed by atoms with E-state index in [4.69, 9.17) is 0 Å². The average molecular weight is 199 g/mol. The first-order valence-electron chi connectivity index (χ1n) is 5.01. The predicted octanol–water partition coefficient (Wildman–Crippen LogP) is 2.52. The Kier molecular flexibility index (Phi) is 11.8. The van der Waals surface area contributed by atoms with Crippen molar-refractivity contribution in [3.63, 3.8) is 0 Å². The van der Waals surface area contributed by atoms with Crippen LogP contribution >= 0.6 is 11.8 Å². The van der Waals surface area contributed by atoms with Gasteiger partial charge < -0.3 is 5.32 Å². The van der Waals surface area contributed by atoms with E-state index < -0.39 is 0 Å². The van der Waals surface area contributed by atoms with Crippen LogP contribution in [0.15, 0.2) is 0 Å². The SMILES string of the molecule is CC#CCNCCCCCCSC. The molecule has 0 aromatic heterocycles. The summed E-state index contributed by atoms with van der Waals surface area (Å²) in [6, 6.07) is 0. The van der Waals surface area contributed by atoms with Gasteiger partial charge in [-0.25, -0.2) is 0 Å². The van der Waals surface area contributed by atoms with Crippen LogP contribution in [0.1, 0.15) is 32.6 Å². The summed E-state index contributed by atoms with van der Waals surface area (Å²) in [6.07, 6.45) is 7.57. The van der Waals surface area contributed by atoms with Gasteiger partial charge in [-0.05, 0) is 38.3 Å². The Bertz CT molecular complexity index is 146. The van der Waals surface area contributed by atoms with Crippen molar-refractivity contribution < 1.29 is 0 Å². The van der Waals surface area contributed by atoms with E-state index in [0.717, 1.165) is 13.1 Å². The van der Waals surface area contributed by atoms with Crippen molar-refractivity contribution in [1.82, 2.24) is 5.32 Å². The van der Waals surface area contributed by atoms with Gasteiger partial charge in [0.15, 0.2) is 0 Å². The Hall–Kier alpha value is -0.130. The topological polar surface area (TPSA) is 12.0 Å². The van der Waals surface area contributed by atoms with Gasteiger partial charge in [-0.1, -0.05) is 18.8 Å². The molecule has 0 spiro atoms. The van der Waals surface area contributed by atoms with Crippen molar-refractivity contribution in [2.45, 2.75) is 32.6 Å². The number of hydrogen-bond acceptors (Lipinski definition) is 2. The van der Waals surface area contributed by atoms with Crippen molar-refractivity contribution in [1.29, 1.82) is 0 Å². The fourth-order valence-electron chi connectivity index (χ4n) is 1.09. The summed E-state index contributed by atoms with van der Waals surface area (Å²) in [5.41, 5.74) is 0. The molecule has 0 fully saturated rings. The van der Waals surface area contributed by atoms with Crippen LogP contribution in [-0.2, 0) is 0 Å². The minimum Gasteiger partial charge on any atom is -0.306 e. The van der Waals surface area contributed by atoms with Crippen LogP contribution in [0.25, 0.3) is 0 Å². The Morgan fingerprint density at radius 3 is 2.62 bits per heavy atom. The molecule has 0 aliphatic rings. The Morgan fingerprint density at radius 1 is 1.15 bits per heavy atom. The number of nitrogens with one attached hydrogen (secondary N) is 1. The lowest BCUT2D eigenvalue weighted by Crippen LogP contribution is -2.15. The highest BCUT2D eigenvalue weighted by atomic mass is 32.2. The monoisotopic (exact) mass is 199 g/mol. The fraction of sp³-hybridized carbons (Fsp3) is 0.818. The van der Waals surface area contributed by atoms with E-state index in [1.54, 1.807) is 0 Å². The molecule has 0 rings (SSSR count). The molecule has 0 radical (unpaired) electrons. The standard InChI is InChI=1S/C11H21NS/c1-3-4-9-12-10-7-5-6-8-11-13-2/h12H,5-11H2,1-2H3. The van der Waals surface area contributed by atoms with Crippen molar-refractivity contribution in [2.75, 3.05) is 25.1 Å². The second kappa shape index (κ2) is 11.9. The molecule has 0 saturated heterocycles. The third-order valence-corrected chi connectivity index (χ3v) is 2.54. The normalized spacial score (nSPS) is 9.38. The molecule has 0 aromatic carbocycles. The molecule has 1 N–H and O–H groups in total. The van der Waals surface area contributed by atoms with E-state index >= 15 is 0 Å². The zero-order valence-corrected chi connectivity index (χ0v) is 9.67. The highest BCUT2D eigenvalue weighted by Gasteiger charge is 1.88. The zero-order valence-electron chi connectivity index (χ0n) is 8.86. The average Bonchev–Trinajstić information content (AvgIpc) is 2.16. The van der Waals surface area contributed by atoms with Crippen LogP contribution < -0.4 is 5.32 Å². The molecule has 0 aromatic rings. The van der Waals surface area contributed by atoms with Crippen molar-refractivity contribution in [2.24, 2.45) is 0 Å². The number of thioether (sulfide) groups is 1. The van der Waals surface area contributed by atoms with Crippen molar-refractivity contribution in [3.05, 3.63) is 0 Å². The lowest BCUT2D eigenvalue weighted by Gasteiger charge is -2.00. The molecule has 0 aliphatic carbocycles. The fourth-order valence-corrected chi connectivity index (χ4v) is 1.58. The lowest BCUT2D eigenvalue weighted by atomic mass is 10.2. The van der Waals surface area contributed by atoms with Crippen LogP contribution in [0.2, 0.25) is 0 Å². The first kappa shape index (κ1) is 12.9. The van der Waals surface area contributed by atoms with E-state index in [-0.39, 0.29) is 0 Å². The van der Waals surface area contributed by atoms with Crippen LogP contribution in [-0.4, -0.2) is 25.1 Å². The van der Waals surface area contributed by atoms with Gasteiger partial charge in [-0.15, -0.1) is 5.92 Å². The summed E-state index contributed by atoms with van der Waals surface area (Å²) in [5, 5.41) is 3.30. The smallest absolute Gasteiger partial charge is 0.0576 e. The van der Waals surface area contributed by atoms with Crippen molar-refractivity contribution >= 4 is 11.8 Å².